The van der Waals surface area contributed by atoms with Gasteiger partial charge in [0.25, 0.3) is 0 Å². The van der Waals surface area contributed by atoms with Crippen LogP contribution in [-0.4, -0.2) is 55.9 Å². The van der Waals surface area contributed by atoms with Crippen LogP contribution in [0.25, 0.3) is 0 Å². The molecule has 0 aliphatic rings. The molecule has 37 heavy (non-hydrogen) atoms. The highest BCUT2D eigenvalue weighted by molar-refractivity contribution is 5.99. The second-order valence-corrected chi connectivity index (χ2v) is 8.78. The fraction of sp³-hybridized carbons (Fsp3) is 0.500. The minimum absolute atomic E-state index is 0.0193. The number of ketones is 1. The van der Waals surface area contributed by atoms with Crippen LogP contribution in [-0.2, 0) is 30.2 Å². The van der Waals surface area contributed by atoms with E-state index < -0.39 is 36.5 Å². The Balaban J connectivity index is 2.05. The molecule has 2 aromatic rings. The van der Waals surface area contributed by atoms with E-state index in [9.17, 15) is 14.4 Å². The van der Waals surface area contributed by atoms with Gasteiger partial charge in [-0.3, -0.25) is 14.4 Å². The first kappa shape index (κ1) is 29.8. The zero-order chi connectivity index (χ0) is 27.2. The number of ether oxygens (including phenoxy) is 5. The number of esters is 2. The third-order valence-corrected chi connectivity index (χ3v) is 5.70. The van der Waals surface area contributed by atoms with Crippen LogP contribution in [0.3, 0.4) is 0 Å². The number of rotatable bonds is 16. The molecule has 0 saturated carbocycles. The van der Waals surface area contributed by atoms with E-state index in [-0.39, 0.29) is 29.5 Å². The summed E-state index contributed by atoms with van der Waals surface area (Å²) in [6.07, 6.45) is 2.44. The lowest BCUT2D eigenvalue weighted by Gasteiger charge is -2.25. The van der Waals surface area contributed by atoms with Gasteiger partial charge in [-0.2, -0.15) is 0 Å². The molecule has 0 saturated heterocycles. The maximum absolute atomic E-state index is 13.0. The van der Waals surface area contributed by atoms with Gasteiger partial charge in [-0.15, -0.1) is 0 Å². The van der Waals surface area contributed by atoms with Crippen LogP contribution in [0.2, 0.25) is 0 Å². The highest BCUT2D eigenvalue weighted by Crippen LogP contribution is 2.31. The molecule has 202 valence electrons. The summed E-state index contributed by atoms with van der Waals surface area (Å²) in [6, 6.07) is 11.5. The largest absolute Gasteiger partial charge is 0.493 e. The van der Waals surface area contributed by atoms with Crippen molar-refractivity contribution in [2.24, 2.45) is 11.8 Å². The molecule has 1 heterocycles. The Morgan fingerprint density at radius 3 is 2.43 bits per heavy atom. The molecule has 9 heteroatoms. The quantitative estimate of drug-likeness (QED) is 0.139. The van der Waals surface area contributed by atoms with Crippen LogP contribution in [0.15, 0.2) is 42.6 Å². The Bertz CT molecular complexity index is 1010. The molecule has 0 unspecified atom stereocenters. The first-order valence-corrected chi connectivity index (χ1v) is 12.4. The Morgan fingerprint density at radius 1 is 1.05 bits per heavy atom. The molecule has 0 radical (unpaired) electrons. The smallest absolute Gasteiger partial charge is 0.309 e. The van der Waals surface area contributed by atoms with Crippen molar-refractivity contribution in [2.45, 2.75) is 53.1 Å². The van der Waals surface area contributed by atoms with Gasteiger partial charge in [-0.25, -0.2) is 4.98 Å². The second kappa shape index (κ2) is 15.6. The molecule has 0 N–H and O–H groups in total. The second-order valence-electron chi connectivity index (χ2n) is 8.78. The normalized spacial score (nSPS) is 13.2. The van der Waals surface area contributed by atoms with Crippen LogP contribution in [0.1, 0.15) is 56.6 Å². The molecule has 1 aromatic carbocycles. The summed E-state index contributed by atoms with van der Waals surface area (Å²) < 4.78 is 27.1. The van der Waals surface area contributed by atoms with E-state index in [1.807, 2.05) is 44.2 Å². The highest BCUT2D eigenvalue weighted by Gasteiger charge is 2.28. The lowest BCUT2D eigenvalue weighted by molar-refractivity contribution is -0.156. The minimum atomic E-state index is -0.724. The number of hydrogen-bond acceptors (Lipinski definition) is 9. The van der Waals surface area contributed by atoms with E-state index in [0.717, 1.165) is 12.0 Å². The van der Waals surface area contributed by atoms with Gasteiger partial charge in [-0.1, -0.05) is 44.2 Å². The van der Waals surface area contributed by atoms with E-state index in [1.165, 1.54) is 26.3 Å². The maximum atomic E-state index is 13.0. The number of nitrogens with zero attached hydrogens (tertiary/aromatic N) is 1. The maximum Gasteiger partial charge on any atom is 0.309 e. The number of aromatic nitrogens is 1. The Morgan fingerprint density at radius 2 is 1.78 bits per heavy atom. The standard InChI is InChI=1S/C28H37NO8/c1-6-14-34-17-23(16-22-10-8-7-9-11-22)20(3)37-28(32)19(2)15-24(31)26-27(36-18-35-21(4)30)25(33-5)12-13-29-26/h7-13,19-20,23H,6,14-18H2,1-5H3/t19-,20+,23-/m1/s1. The van der Waals surface area contributed by atoms with Gasteiger partial charge in [0.05, 0.1) is 19.6 Å². The molecule has 0 fully saturated rings. The molecule has 9 nitrogen and oxygen atoms in total. The van der Waals surface area contributed by atoms with Crippen molar-refractivity contribution in [2.75, 3.05) is 27.1 Å². The summed E-state index contributed by atoms with van der Waals surface area (Å²) in [5.74, 6) is -1.92. The van der Waals surface area contributed by atoms with Crippen LogP contribution in [0.4, 0.5) is 0 Å². The fourth-order valence-corrected chi connectivity index (χ4v) is 3.61. The van der Waals surface area contributed by atoms with Crippen molar-refractivity contribution in [1.29, 1.82) is 0 Å². The van der Waals surface area contributed by atoms with Gasteiger partial charge in [-0.05, 0) is 25.3 Å². The first-order chi connectivity index (χ1) is 17.8. The summed E-state index contributed by atoms with van der Waals surface area (Å²) >= 11 is 0. The van der Waals surface area contributed by atoms with Crippen molar-refractivity contribution < 1.29 is 38.1 Å². The number of carbonyl (C=O) groups excluding carboxylic acids is 3. The summed E-state index contributed by atoms with van der Waals surface area (Å²) in [5.41, 5.74) is 1.11. The highest BCUT2D eigenvalue weighted by atomic mass is 16.7. The van der Waals surface area contributed by atoms with Crippen molar-refractivity contribution in [3.05, 3.63) is 53.9 Å². The first-order valence-electron chi connectivity index (χ1n) is 12.4. The molecular formula is C28H37NO8. The summed E-state index contributed by atoms with van der Waals surface area (Å²) in [6.45, 7) is 7.44. The van der Waals surface area contributed by atoms with E-state index in [1.54, 1.807) is 6.92 Å². The van der Waals surface area contributed by atoms with Crippen LogP contribution in [0.5, 0.6) is 11.5 Å². The molecule has 0 spiro atoms. The molecule has 0 aliphatic carbocycles. The zero-order valence-corrected chi connectivity index (χ0v) is 22.2. The van der Waals surface area contributed by atoms with Gasteiger partial charge in [0.1, 0.15) is 6.10 Å². The van der Waals surface area contributed by atoms with Crippen molar-refractivity contribution in [1.82, 2.24) is 4.98 Å². The number of hydrogen-bond donors (Lipinski definition) is 0. The molecule has 0 aliphatic heterocycles. The number of carbonyl (C=O) groups is 3. The number of pyridine rings is 1. The Hall–Kier alpha value is -3.46. The molecule has 3 atom stereocenters. The van der Waals surface area contributed by atoms with Crippen molar-refractivity contribution >= 4 is 17.7 Å². The third kappa shape index (κ3) is 9.84. The van der Waals surface area contributed by atoms with E-state index >= 15 is 0 Å². The molecule has 2 rings (SSSR count). The topological polar surface area (TPSA) is 110 Å². The van der Waals surface area contributed by atoms with E-state index in [4.69, 9.17) is 23.7 Å². The monoisotopic (exact) mass is 515 g/mol. The van der Waals surface area contributed by atoms with Gasteiger partial charge < -0.3 is 23.7 Å². The molecular weight excluding hydrogens is 478 g/mol. The van der Waals surface area contributed by atoms with Crippen LogP contribution >= 0.6 is 0 Å². The number of benzene rings is 1. The van der Waals surface area contributed by atoms with Gasteiger partial charge in [0.2, 0.25) is 6.79 Å². The van der Waals surface area contributed by atoms with Crippen molar-refractivity contribution in [3.63, 3.8) is 0 Å². The summed E-state index contributed by atoms with van der Waals surface area (Å²) in [5, 5.41) is 0. The summed E-state index contributed by atoms with van der Waals surface area (Å²) in [7, 11) is 1.42. The van der Waals surface area contributed by atoms with Gasteiger partial charge in [0.15, 0.2) is 23.0 Å². The van der Waals surface area contributed by atoms with Crippen LogP contribution in [0, 0.1) is 11.8 Å². The van der Waals surface area contributed by atoms with E-state index in [2.05, 4.69) is 4.98 Å². The number of methoxy groups -OCH3 is 1. The molecule has 0 bridgehead atoms. The summed E-state index contributed by atoms with van der Waals surface area (Å²) in [4.78, 5) is 41.1. The SMILES string of the molecule is CCCOC[C@@H](Cc1ccccc1)[C@H](C)OC(=O)[C@H](C)CC(=O)c1nccc(OC)c1OCOC(C)=O. The predicted molar refractivity (Wildman–Crippen MR) is 136 cm³/mol. The lowest BCUT2D eigenvalue weighted by atomic mass is 9.95. The van der Waals surface area contributed by atoms with Gasteiger partial charge >= 0.3 is 11.9 Å². The average molecular weight is 516 g/mol. The third-order valence-electron chi connectivity index (χ3n) is 5.70. The number of Topliss-reactive ketones (excluding diaryl/α,β-unsaturated/α-hetero) is 1. The fourth-order valence-electron chi connectivity index (χ4n) is 3.61. The average Bonchev–Trinajstić information content (AvgIpc) is 2.88. The molecule has 1 aromatic heterocycles. The van der Waals surface area contributed by atoms with E-state index in [0.29, 0.717) is 19.6 Å². The predicted octanol–water partition coefficient (Wildman–Crippen LogP) is 4.42. The minimum Gasteiger partial charge on any atom is -0.493 e. The van der Waals surface area contributed by atoms with Gasteiger partial charge in [0, 0.05) is 38.1 Å². The lowest BCUT2D eigenvalue weighted by Crippen LogP contribution is -2.32. The Kier molecular flexibility index (Phi) is 12.6. The van der Waals surface area contributed by atoms with Crippen LogP contribution < -0.4 is 9.47 Å². The molecule has 0 amide bonds. The zero-order valence-electron chi connectivity index (χ0n) is 22.2. The van der Waals surface area contributed by atoms with Crippen molar-refractivity contribution in [3.8, 4) is 11.5 Å². The Labute approximate surface area is 218 Å².